The van der Waals surface area contributed by atoms with E-state index in [9.17, 15) is 19.8 Å². The lowest BCUT2D eigenvalue weighted by Crippen LogP contribution is -2.43. The number of carboxylic acids is 1. The van der Waals surface area contributed by atoms with Gasteiger partial charge in [-0.15, -0.1) is 0 Å². The number of benzene rings is 1. The molecule has 1 unspecified atom stereocenters. The highest BCUT2D eigenvalue weighted by molar-refractivity contribution is 5.97. The summed E-state index contributed by atoms with van der Waals surface area (Å²) in [6, 6.07) is 4.58. The molecule has 1 amide bonds. The summed E-state index contributed by atoms with van der Waals surface area (Å²) in [5, 5.41) is 19.3. The maximum absolute atomic E-state index is 12.7. The minimum absolute atomic E-state index is 0.0713. The third kappa shape index (κ3) is 3.56. The van der Waals surface area contributed by atoms with Crippen LogP contribution in [0.25, 0.3) is 0 Å². The van der Waals surface area contributed by atoms with Gasteiger partial charge in [-0.1, -0.05) is 0 Å². The molecule has 0 spiro atoms. The first-order chi connectivity index (χ1) is 12.0. The molecule has 7 nitrogen and oxygen atoms in total. The summed E-state index contributed by atoms with van der Waals surface area (Å²) in [6.07, 6.45) is 1.69. The summed E-state index contributed by atoms with van der Waals surface area (Å²) < 4.78 is 10.8. The van der Waals surface area contributed by atoms with Gasteiger partial charge in [0.1, 0.15) is 11.5 Å². The van der Waals surface area contributed by atoms with E-state index in [0.29, 0.717) is 44.7 Å². The molecular formula is C18H23NO6. The van der Waals surface area contributed by atoms with Crippen LogP contribution in [0.5, 0.6) is 11.5 Å². The summed E-state index contributed by atoms with van der Waals surface area (Å²) in [4.78, 5) is 25.7. The number of hydrogen-bond acceptors (Lipinski definition) is 5. The fourth-order valence-electron chi connectivity index (χ4n) is 3.75. The third-order valence-corrected chi connectivity index (χ3v) is 5.18. The van der Waals surface area contributed by atoms with Gasteiger partial charge in [0, 0.05) is 19.7 Å². The van der Waals surface area contributed by atoms with E-state index in [2.05, 4.69) is 0 Å². The number of methoxy groups -OCH3 is 1. The Balaban J connectivity index is 1.64. The predicted molar refractivity (Wildman–Crippen MR) is 88.8 cm³/mol. The Hall–Kier alpha value is -2.28. The second-order valence-electron chi connectivity index (χ2n) is 6.58. The minimum Gasteiger partial charge on any atom is -0.507 e. The van der Waals surface area contributed by atoms with E-state index in [-0.39, 0.29) is 29.2 Å². The van der Waals surface area contributed by atoms with E-state index in [1.54, 1.807) is 11.0 Å². The Morgan fingerprint density at radius 2 is 1.96 bits per heavy atom. The number of ether oxygens (including phenoxy) is 2. The van der Waals surface area contributed by atoms with Gasteiger partial charge in [-0.25, -0.2) is 0 Å². The topological polar surface area (TPSA) is 96.3 Å². The van der Waals surface area contributed by atoms with E-state index < -0.39 is 11.9 Å². The monoisotopic (exact) mass is 349 g/mol. The van der Waals surface area contributed by atoms with E-state index in [1.165, 1.54) is 19.2 Å². The molecule has 2 heterocycles. The number of rotatable bonds is 4. The summed E-state index contributed by atoms with van der Waals surface area (Å²) in [7, 11) is 1.51. The first-order valence-electron chi connectivity index (χ1n) is 8.52. The van der Waals surface area contributed by atoms with Crippen molar-refractivity contribution in [3.8, 4) is 11.5 Å². The highest BCUT2D eigenvalue weighted by atomic mass is 16.5. The number of carboxylic acid groups (broad SMARTS) is 1. The van der Waals surface area contributed by atoms with Crippen molar-refractivity contribution in [2.75, 3.05) is 26.8 Å². The molecule has 7 heteroatoms. The molecule has 0 aliphatic carbocycles. The van der Waals surface area contributed by atoms with Crippen LogP contribution in [-0.4, -0.2) is 59.9 Å². The largest absolute Gasteiger partial charge is 0.507 e. The number of carbonyl (C=O) groups excluding carboxylic acids is 1. The van der Waals surface area contributed by atoms with Crippen molar-refractivity contribution in [1.29, 1.82) is 0 Å². The molecule has 2 aliphatic heterocycles. The smallest absolute Gasteiger partial charge is 0.309 e. The highest BCUT2D eigenvalue weighted by Gasteiger charge is 2.41. The Bertz CT molecular complexity index is 653. The Kier molecular flexibility index (Phi) is 5.13. The Labute approximate surface area is 146 Å². The third-order valence-electron chi connectivity index (χ3n) is 5.18. The number of aliphatic carboxylic acids is 1. The first kappa shape index (κ1) is 17.5. The lowest BCUT2D eigenvalue weighted by molar-refractivity contribution is -0.145. The van der Waals surface area contributed by atoms with Crippen molar-refractivity contribution in [2.45, 2.75) is 25.4 Å². The van der Waals surface area contributed by atoms with Crippen LogP contribution in [0.2, 0.25) is 0 Å². The van der Waals surface area contributed by atoms with Crippen LogP contribution in [0, 0.1) is 11.8 Å². The van der Waals surface area contributed by atoms with Crippen LogP contribution in [0.15, 0.2) is 18.2 Å². The predicted octanol–water partition coefficient (Wildman–Crippen LogP) is 1.74. The van der Waals surface area contributed by atoms with E-state index in [0.717, 1.165) is 0 Å². The van der Waals surface area contributed by atoms with Crippen molar-refractivity contribution < 1.29 is 29.3 Å². The van der Waals surface area contributed by atoms with Crippen LogP contribution in [0.1, 0.15) is 29.6 Å². The van der Waals surface area contributed by atoms with Crippen LogP contribution in [0.4, 0.5) is 0 Å². The van der Waals surface area contributed by atoms with Crippen molar-refractivity contribution in [2.24, 2.45) is 11.8 Å². The van der Waals surface area contributed by atoms with Crippen LogP contribution in [-0.2, 0) is 9.53 Å². The van der Waals surface area contributed by atoms with Crippen molar-refractivity contribution in [3.63, 3.8) is 0 Å². The van der Waals surface area contributed by atoms with Gasteiger partial charge in [0.05, 0.1) is 24.7 Å². The summed E-state index contributed by atoms with van der Waals surface area (Å²) >= 11 is 0. The molecule has 2 atom stereocenters. The molecule has 0 bridgehead atoms. The van der Waals surface area contributed by atoms with Gasteiger partial charge in [-0.05, 0) is 43.4 Å². The number of amides is 1. The zero-order valence-corrected chi connectivity index (χ0v) is 14.2. The maximum atomic E-state index is 12.7. The molecule has 2 fully saturated rings. The zero-order valence-electron chi connectivity index (χ0n) is 14.2. The van der Waals surface area contributed by atoms with Crippen molar-refractivity contribution in [3.05, 3.63) is 23.8 Å². The number of carbonyl (C=O) groups is 2. The molecular weight excluding hydrogens is 326 g/mol. The summed E-state index contributed by atoms with van der Waals surface area (Å²) in [5.41, 5.74) is 0.221. The second-order valence-corrected chi connectivity index (χ2v) is 6.58. The first-order valence-corrected chi connectivity index (χ1v) is 8.52. The molecule has 136 valence electrons. The molecule has 2 saturated heterocycles. The van der Waals surface area contributed by atoms with Crippen molar-refractivity contribution >= 4 is 11.9 Å². The Morgan fingerprint density at radius 3 is 2.60 bits per heavy atom. The Morgan fingerprint density at radius 1 is 1.24 bits per heavy atom. The second kappa shape index (κ2) is 7.31. The van der Waals surface area contributed by atoms with Gasteiger partial charge in [0.15, 0.2) is 0 Å². The van der Waals surface area contributed by atoms with Gasteiger partial charge < -0.3 is 24.6 Å². The molecule has 25 heavy (non-hydrogen) atoms. The van der Waals surface area contributed by atoms with Gasteiger partial charge >= 0.3 is 5.97 Å². The molecule has 1 aromatic rings. The standard InChI is InChI=1S/C18H23NO6/c1-24-12-2-3-15(20)14(10-12)17(21)19-7-4-11(5-8-19)16-13(18(22)23)6-9-25-16/h2-3,10-11,13,16,20H,4-9H2,1H3,(H,22,23)/t13?,16-/m0/s1. The van der Waals surface area contributed by atoms with Gasteiger partial charge in [-0.2, -0.15) is 0 Å². The highest BCUT2D eigenvalue weighted by Crippen LogP contribution is 2.34. The normalized spacial score (nSPS) is 24.3. The van der Waals surface area contributed by atoms with Gasteiger partial charge in [0.2, 0.25) is 0 Å². The minimum atomic E-state index is -0.803. The molecule has 1 aromatic carbocycles. The average molecular weight is 349 g/mol. The lowest BCUT2D eigenvalue weighted by atomic mass is 9.84. The van der Waals surface area contributed by atoms with Crippen LogP contribution in [0.3, 0.4) is 0 Å². The summed E-state index contributed by atoms with van der Waals surface area (Å²) in [6.45, 7) is 1.52. The van der Waals surface area contributed by atoms with Gasteiger partial charge in [-0.3, -0.25) is 9.59 Å². The number of phenols is 1. The number of phenolic OH excluding ortho intramolecular Hbond substituents is 1. The average Bonchev–Trinajstić information content (AvgIpc) is 3.12. The molecule has 0 radical (unpaired) electrons. The quantitative estimate of drug-likeness (QED) is 0.860. The number of aromatic hydroxyl groups is 1. The number of piperidine rings is 1. The summed E-state index contributed by atoms with van der Waals surface area (Å²) in [5.74, 6) is -0.904. The number of hydrogen-bond donors (Lipinski definition) is 2. The van der Waals surface area contributed by atoms with Crippen molar-refractivity contribution in [1.82, 2.24) is 4.90 Å². The van der Waals surface area contributed by atoms with Gasteiger partial charge in [0.25, 0.3) is 5.91 Å². The lowest BCUT2D eigenvalue weighted by Gasteiger charge is -2.35. The van der Waals surface area contributed by atoms with E-state index in [1.807, 2.05) is 0 Å². The molecule has 0 saturated carbocycles. The van der Waals surface area contributed by atoms with Crippen LogP contribution >= 0.6 is 0 Å². The molecule has 2 aliphatic rings. The molecule has 0 aromatic heterocycles. The van der Waals surface area contributed by atoms with E-state index >= 15 is 0 Å². The van der Waals surface area contributed by atoms with E-state index in [4.69, 9.17) is 9.47 Å². The number of nitrogens with zero attached hydrogens (tertiary/aromatic N) is 1. The SMILES string of the molecule is COc1ccc(O)c(C(=O)N2CCC([C@@H]3OCCC3C(=O)O)CC2)c1. The molecule has 2 N–H and O–H groups in total. The fraction of sp³-hybridized carbons (Fsp3) is 0.556. The number of likely N-dealkylation sites (tertiary alicyclic amines) is 1. The fourth-order valence-corrected chi connectivity index (χ4v) is 3.75. The molecule has 3 rings (SSSR count). The maximum Gasteiger partial charge on any atom is 0.309 e. The van der Waals surface area contributed by atoms with Crippen LogP contribution < -0.4 is 4.74 Å². The zero-order chi connectivity index (χ0) is 18.0.